The van der Waals surface area contributed by atoms with Crippen molar-refractivity contribution in [3.05, 3.63) is 76.7 Å². The number of anilines is 1. The maximum Gasteiger partial charge on any atom is 0.262 e. The van der Waals surface area contributed by atoms with Crippen LogP contribution in [0.3, 0.4) is 0 Å². The molecule has 0 atom stereocenters. The Morgan fingerprint density at radius 2 is 1.71 bits per heavy atom. The minimum absolute atomic E-state index is 0.164. The molecule has 0 radical (unpaired) electrons. The summed E-state index contributed by atoms with van der Waals surface area (Å²) in [5, 5.41) is 5.64. The van der Waals surface area contributed by atoms with Crippen molar-refractivity contribution >= 4 is 40.6 Å². The van der Waals surface area contributed by atoms with E-state index in [-0.39, 0.29) is 4.90 Å². The van der Waals surface area contributed by atoms with E-state index in [1.807, 2.05) is 13.8 Å². The van der Waals surface area contributed by atoms with Gasteiger partial charge >= 0.3 is 0 Å². The van der Waals surface area contributed by atoms with Gasteiger partial charge < -0.3 is 4.52 Å². The van der Waals surface area contributed by atoms with E-state index in [0.717, 1.165) is 10.8 Å². The fourth-order valence-electron chi connectivity index (χ4n) is 3.04. The van der Waals surface area contributed by atoms with Crippen molar-refractivity contribution in [2.75, 3.05) is 4.72 Å². The normalized spacial score (nSPS) is 11.7. The van der Waals surface area contributed by atoms with Crippen molar-refractivity contribution in [1.29, 1.82) is 0 Å². The molecule has 3 aromatic rings. The molecule has 3 rings (SSSR count). The third-order valence-electron chi connectivity index (χ3n) is 4.64. The second kappa shape index (κ2) is 8.89. The molecule has 0 spiro atoms. The summed E-state index contributed by atoms with van der Waals surface area (Å²) >= 11 is 6.03. The van der Waals surface area contributed by atoms with Crippen LogP contribution in [0.15, 0.2) is 69.8 Å². The predicted molar refractivity (Wildman–Crippen MR) is 129 cm³/mol. The molecular weight excluding hydrogens is 448 g/mol. The van der Waals surface area contributed by atoms with E-state index in [9.17, 15) is 8.42 Å². The summed E-state index contributed by atoms with van der Waals surface area (Å²) in [6.07, 6.45) is 1.80. The van der Waals surface area contributed by atoms with Crippen LogP contribution in [0.2, 0.25) is 24.7 Å². The monoisotopic (exact) mass is 472 g/mol. The summed E-state index contributed by atoms with van der Waals surface area (Å²) in [5.41, 5.74) is 5.62. The molecule has 0 bridgehead atoms. The Balaban J connectivity index is 2.22. The molecule has 31 heavy (non-hydrogen) atoms. The van der Waals surface area contributed by atoms with Crippen LogP contribution in [0.4, 0.5) is 5.69 Å². The number of aryl methyl sites for hydroxylation is 1. The van der Waals surface area contributed by atoms with Crippen LogP contribution in [-0.2, 0) is 10.0 Å². The maximum atomic E-state index is 13.2. The zero-order valence-electron chi connectivity index (χ0n) is 18.2. The van der Waals surface area contributed by atoms with E-state index in [4.69, 9.17) is 16.1 Å². The Labute approximate surface area is 189 Å². The van der Waals surface area contributed by atoms with Crippen LogP contribution in [0.1, 0.15) is 18.2 Å². The fraction of sp³-hybridized carbons (Fsp3) is 0.217. The lowest BCUT2D eigenvalue weighted by Gasteiger charge is -2.18. The quantitative estimate of drug-likeness (QED) is 0.326. The predicted octanol–water partition coefficient (Wildman–Crippen LogP) is 6.54. The number of hydrogen-bond donors (Lipinski definition) is 1. The van der Waals surface area contributed by atoms with Gasteiger partial charge in [0.15, 0.2) is 5.76 Å². The summed E-state index contributed by atoms with van der Waals surface area (Å²) in [6.45, 7) is 10.2. The van der Waals surface area contributed by atoms with Crippen LogP contribution < -0.4 is 4.72 Å². The van der Waals surface area contributed by atoms with Crippen molar-refractivity contribution < 1.29 is 12.9 Å². The first-order valence-corrected chi connectivity index (χ1v) is 15.2. The summed E-state index contributed by atoms with van der Waals surface area (Å²) in [4.78, 5) is 0.164. The van der Waals surface area contributed by atoms with Crippen molar-refractivity contribution in [2.24, 2.45) is 0 Å². The third kappa shape index (κ3) is 5.19. The van der Waals surface area contributed by atoms with Gasteiger partial charge in [-0.25, -0.2) is 8.42 Å². The van der Waals surface area contributed by atoms with Crippen molar-refractivity contribution in [3.63, 3.8) is 0 Å². The van der Waals surface area contributed by atoms with Gasteiger partial charge in [0.1, 0.15) is 11.4 Å². The summed E-state index contributed by atoms with van der Waals surface area (Å²) in [6, 6.07) is 13.7. The highest BCUT2D eigenvalue weighted by molar-refractivity contribution is 7.92. The van der Waals surface area contributed by atoms with Crippen molar-refractivity contribution in [1.82, 2.24) is 5.16 Å². The number of nitrogens with zero attached hydrogens (tertiary/aromatic N) is 1. The lowest BCUT2D eigenvalue weighted by Crippen LogP contribution is -2.23. The largest absolute Gasteiger partial charge is 0.353 e. The highest BCUT2D eigenvalue weighted by atomic mass is 35.5. The first kappa shape index (κ1) is 23.1. The fourth-order valence-corrected chi connectivity index (χ4v) is 5.66. The number of nitrogens with one attached hydrogen (secondary N) is 1. The zero-order chi connectivity index (χ0) is 22.8. The SMILES string of the molecule is CC=C=C(c1onc(-c2ccc(Cl)cc2)c1NS(=O)(=O)c1ccc(C)cc1)[Si](C)(C)C. The van der Waals surface area contributed by atoms with E-state index in [1.165, 1.54) is 0 Å². The molecule has 2 aromatic carbocycles. The molecule has 0 saturated heterocycles. The number of halogens is 1. The van der Waals surface area contributed by atoms with Crippen LogP contribution in [0.25, 0.3) is 16.5 Å². The van der Waals surface area contributed by atoms with Gasteiger partial charge in [0.05, 0.1) is 13.0 Å². The molecule has 0 aliphatic rings. The van der Waals surface area contributed by atoms with Gasteiger partial charge in [-0.05, 0) is 44.2 Å². The van der Waals surface area contributed by atoms with Gasteiger partial charge in [0.25, 0.3) is 10.0 Å². The van der Waals surface area contributed by atoms with Crippen LogP contribution in [-0.4, -0.2) is 21.6 Å². The van der Waals surface area contributed by atoms with E-state index >= 15 is 0 Å². The molecule has 0 saturated carbocycles. The molecule has 1 aromatic heterocycles. The van der Waals surface area contributed by atoms with Crippen LogP contribution >= 0.6 is 11.6 Å². The second-order valence-electron chi connectivity index (χ2n) is 8.22. The number of aromatic nitrogens is 1. The van der Waals surface area contributed by atoms with E-state index in [2.05, 4.69) is 35.3 Å². The minimum atomic E-state index is -3.87. The Morgan fingerprint density at radius 3 is 2.26 bits per heavy atom. The second-order valence-corrected chi connectivity index (χ2v) is 15.3. The van der Waals surface area contributed by atoms with Crippen molar-refractivity contribution in [3.8, 4) is 11.3 Å². The number of sulfonamides is 1. The van der Waals surface area contributed by atoms with Crippen LogP contribution in [0.5, 0.6) is 0 Å². The Bertz CT molecular complexity index is 1250. The number of hydrogen-bond acceptors (Lipinski definition) is 4. The standard InChI is InChI=1S/C23H25ClN2O3SSi/c1-6-7-20(31(3,4)5)23-22(21(25-29-23)17-10-12-18(24)13-11-17)26-30(27,28)19-14-8-16(2)9-15-19/h6,8-15,26H,1-5H3. The average molecular weight is 473 g/mol. The molecule has 0 unspecified atom stereocenters. The van der Waals surface area contributed by atoms with E-state index < -0.39 is 18.1 Å². The van der Waals surface area contributed by atoms with E-state index in [0.29, 0.717) is 27.7 Å². The zero-order valence-corrected chi connectivity index (χ0v) is 20.7. The number of allylic oxidation sites excluding steroid dienone is 1. The van der Waals surface area contributed by atoms with Gasteiger partial charge in [-0.15, -0.1) is 5.73 Å². The third-order valence-corrected chi connectivity index (χ3v) is 8.13. The average Bonchev–Trinajstić information content (AvgIpc) is 3.08. The van der Waals surface area contributed by atoms with Gasteiger partial charge in [-0.1, -0.05) is 66.2 Å². The molecule has 1 N–H and O–H groups in total. The molecule has 0 aliphatic heterocycles. The molecule has 162 valence electrons. The van der Waals surface area contributed by atoms with Gasteiger partial charge in [-0.3, -0.25) is 4.72 Å². The minimum Gasteiger partial charge on any atom is -0.353 e. The summed E-state index contributed by atoms with van der Waals surface area (Å²) < 4.78 is 34.9. The van der Waals surface area contributed by atoms with E-state index in [1.54, 1.807) is 54.6 Å². The lowest BCUT2D eigenvalue weighted by molar-refractivity contribution is 0.414. The topological polar surface area (TPSA) is 72.2 Å². The van der Waals surface area contributed by atoms with Crippen LogP contribution in [0, 0.1) is 6.92 Å². The molecule has 0 aliphatic carbocycles. The first-order valence-electron chi connectivity index (χ1n) is 9.80. The first-order chi connectivity index (χ1) is 14.5. The van der Waals surface area contributed by atoms with Crippen molar-refractivity contribution in [2.45, 2.75) is 38.4 Å². The smallest absolute Gasteiger partial charge is 0.262 e. The Kier molecular flexibility index (Phi) is 6.62. The number of rotatable bonds is 6. The summed E-state index contributed by atoms with van der Waals surface area (Å²) in [7, 11) is -5.82. The van der Waals surface area contributed by atoms with Gasteiger partial charge in [0, 0.05) is 15.8 Å². The molecule has 0 fully saturated rings. The molecule has 5 nitrogen and oxygen atoms in total. The summed E-state index contributed by atoms with van der Waals surface area (Å²) in [5.74, 6) is 0.387. The van der Waals surface area contributed by atoms with Gasteiger partial charge in [-0.2, -0.15) is 0 Å². The number of benzene rings is 2. The molecule has 0 amide bonds. The molecule has 8 heteroatoms. The highest BCUT2D eigenvalue weighted by Gasteiger charge is 2.31. The molecule has 1 heterocycles. The molecular formula is C23H25ClN2O3SSi. The van der Waals surface area contributed by atoms with Gasteiger partial charge in [0.2, 0.25) is 0 Å². The lowest BCUT2D eigenvalue weighted by atomic mass is 10.1. The maximum absolute atomic E-state index is 13.2. The Morgan fingerprint density at radius 1 is 1.10 bits per heavy atom. The highest BCUT2D eigenvalue weighted by Crippen LogP contribution is 2.39. The Hall–Kier alpha value is -2.57.